The van der Waals surface area contributed by atoms with E-state index in [4.69, 9.17) is 5.11 Å². The molecule has 0 unspecified atom stereocenters. The lowest BCUT2D eigenvalue weighted by Crippen LogP contribution is -2.05. The first-order chi connectivity index (χ1) is 7.43. The van der Waals surface area contributed by atoms with Gasteiger partial charge in [0, 0.05) is 12.4 Å². The quantitative estimate of drug-likeness (QED) is 0.772. The van der Waals surface area contributed by atoms with Gasteiger partial charge in [-0.1, -0.05) is 0 Å². The lowest BCUT2D eigenvalue weighted by molar-refractivity contribution is 0.0686. The van der Waals surface area contributed by atoms with Gasteiger partial charge in [-0.05, 0) is 37.1 Å². The minimum Gasteiger partial charge on any atom is -0.506 e. The Morgan fingerprint density at radius 1 is 1.31 bits per heavy atom. The molecule has 0 radical (unpaired) electrons. The van der Waals surface area contributed by atoms with Gasteiger partial charge in [-0.3, -0.25) is 0 Å². The number of carbonyl (C=O) groups is 1. The van der Waals surface area contributed by atoms with Crippen LogP contribution in [0.3, 0.4) is 0 Å². The number of benzene rings is 1. The van der Waals surface area contributed by atoms with Gasteiger partial charge in [-0.2, -0.15) is 0 Å². The molecule has 0 aliphatic heterocycles. The number of carboxylic acids is 1. The van der Waals surface area contributed by atoms with Crippen molar-refractivity contribution in [3.8, 4) is 5.75 Å². The molecule has 1 aromatic carbocycles. The number of phenolic OH excluding ortho intramolecular Hbond substituents is 1. The molecule has 0 bridgehead atoms. The number of carboxylic acid groups (broad SMARTS) is 1. The molecule has 0 atom stereocenters. The zero-order valence-corrected chi connectivity index (χ0v) is 9.40. The Morgan fingerprint density at radius 2 is 1.94 bits per heavy atom. The standard InChI is InChI=1S/C12H13NO3/c1-6-4-8-7(2)10(12(15)16)13(3)11(8)9(14)5-6/h4-5,14H,1-3H3,(H,15,16). The maximum absolute atomic E-state index is 11.1. The van der Waals surface area contributed by atoms with Gasteiger partial charge in [-0.15, -0.1) is 0 Å². The van der Waals surface area contributed by atoms with Gasteiger partial charge >= 0.3 is 5.97 Å². The van der Waals surface area contributed by atoms with E-state index in [-0.39, 0.29) is 11.4 Å². The van der Waals surface area contributed by atoms with Crippen LogP contribution in [0.1, 0.15) is 21.6 Å². The average molecular weight is 219 g/mol. The van der Waals surface area contributed by atoms with Gasteiger partial charge in [0.15, 0.2) is 0 Å². The third-order valence-corrected chi connectivity index (χ3v) is 2.87. The number of nitrogens with zero attached hydrogens (tertiary/aromatic N) is 1. The van der Waals surface area contributed by atoms with Crippen LogP contribution in [0.4, 0.5) is 0 Å². The van der Waals surface area contributed by atoms with Crippen LogP contribution in [0.15, 0.2) is 12.1 Å². The van der Waals surface area contributed by atoms with Crippen molar-refractivity contribution in [2.24, 2.45) is 7.05 Å². The summed E-state index contributed by atoms with van der Waals surface area (Å²) >= 11 is 0. The van der Waals surface area contributed by atoms with E-state index in [9.17, 15) is 9.90 Å². The second-order valence-electron chi connectivity index (χ2n) is 4.02. The van der Waals surface area contributed by atoms with E-state index < -0.39 is 5.97 Å². The number of phenols is 1. The molecule has 0 saturated carbocycles. The Bertz CT molecular complexity index is 596. The molecule has 2 rings (SSSR count). The van der Waals surface area contributed by atoms with E-state index in [1.54, 1.807) is 20.0 Å². The van der Waals surface area contributed by atoms with E-state index in [0.29, 0.717) is 11.1 Å². The number of fused-ring (bicyclic) bond motifs is 1. The predicted molar refractivity (Wildman–Crippen MR) is 61.0 cm³/mol. The van der Waals surface area contributed by atoms with Crippen molar-refractivity contribution in [3.63, 3.8) is 0 Å². The van der Waals surface area contributed by atoms with E-state index in [1.807, 2.05) is 13.0 Å². The first-order valence-electron chi connectivity index (χ1n) is 4.95. The highest BCUT2D eigenvalue weighted by molar-refractivity contribution is 6.00. The van der Waals surface area contributed by atoms with E-state index >= 15 is 0 Å². The predicted octanol–water partition coefficient (Wildman–Crippen LogP) is 2.20. The second kappa shape index (κ2) is 3.27. The number of aromatic nitrogens is 1. The second-order valence-corrected chi connectivity index (χ2v) is 4.02. The van der Waals surface area contributed by atoms with E-state index in [1.165, 1.54) is 4.57 Å². The topological polar surface area (TPSA) is 62.5 Å². The zero-order valence-electron chi connectivity index (χ0n) is 9.40. The summed E-state index contributed by atoms with van der Waals surface area (Å²) in [6.45, 7) is 3.62. The first kappa shape index (κ1) is 10.5. The van der Waals surface area contributed by atoms with Crippen LogP contribution >= 0.6 is 0 Å². The molecular formula is C12H13NO3. The Kier molecular flexibility index (Phi) is 2.15. The molecule has 4 heteroatoms. The van der Waals surface area contributed by atoms with Crippen LogP contribution in [0, 0.1) is 13.8 Å². The van der Waals surface area contributed by atoms with Gasteiger partial charge < -0.3 is 14.8 Å². The molecule has 0 amide bonds. The van der Waals surface area contributed by atoms with Gasteiger partial charge in [0.25, 0.3) is 0 Å². The fourth-order valence-corrected chi connectivity index (χ4v) is 2.19. The minimum absolute atomic E-state index is 0.119. The number of hydrogen-bond acceptors (Lipinski definition) is 2. The van der Waals surface area contributed by atoms with Crippen molar-refractivity contribution >= 4 is 16.9 Å². The molecule has 4 nitrogen and oxygen atoms in total. The normalized spacial score (nSPS) is 10.9. The molecule has 0 aliphatic rings. The molecule has 0 saturated heterocycles. The molecule has 2 N–H and O–H groups in total. The molecule has 0 fully saturated rings. The molecule has 0 aliphatic carbocycles. The summed E-state index contributed by atoms with van der Waals surface area (Å²) in [5, 5.41) is 19.7. The fraction of sp³-hybridized carbons (Fsp3) is 0.250. The summed E-state index contributed by atoms with van der Waals surface area (Å²) in [5.41, 5.74) is 2.39. The Labute approximate surface area is 92.7 Å². The maximum Gasteiger partial charge on any atom is 0.352 e. The van der Waals surface area contributed by atoms with Crippen molar-refractivity contribution in [2.45, 2.75) is 13.8 Å². The van der Waals surface area contributed by atoms with Crippen molar-refractivity contribution in [3.05, 3.63) is 29.0 Å². The monoisotopic (exact) mass is 219 g/mol. The lowest BCUT2D eigenvalue weighted by atomic mass is 10.1. The first-order valence-corrected chi connectivity index (χ1v) is 4.95. The number of hydrogen-bond donors (Lipinski definition) is 2. The van der Waals surface area contributed by atoms with Crippen molar-refractivity contribution in [2.75, 3.05) is 0 Å². The Balaban J connectivity index is 2.99. The van der Waals surface area contributed by atoms with Crippen molar-refractivity contribution in [1.29, 1.82) is 0 Å². The summed E-state index contributed by atoms with van der Waals surface area (Å²) in [7, 11) is 1.65. The SMILES string of the molecule is Cc1cc(O)c2c(c1)c(C)c(C(=O)O)n2C. The largest absolute Gasteiger partial charge is 0.506 e. The highest BCUT2D eigenvalue weighted by atomic mass is 16.4. The van der Waals surface area contributed by atoms with Crippen LogP contribution in [0.25, 0.3) is 10.9 Å². The smallest absolute Gasteiger partial charge is 0.352 e. The molecule has 1 heterocycles. The van der Waals surface area contributed by atoms with Crippen molar-refractivity contribution < 1.29 is 15.0 Å². The number of rotatable bonds is 1. The molecular weight excluding hydrogens is 206 g/mol. The Morgan fingerprint density at radius 3 is 2.50 bits per heavy atom. The molecule has 84 valence electrons. The summed E-state index contributed by atoms with van der Waals surface area (Å²) in [5.74, 6) is -0.860. The van der Waals surface area contributed by atoms with Gasteiger partial charge in [0.2, 0.25) is 0 Å². The number of aromatic hydroxyl groups is 1. The van der Waals surface area contributed by atoms with Crippen LogP contribution in [-0.4, -0.2) is 20.7 Å². The highest BCUT2D eigenvalue weighted by Crippen LogP contribution is 2.32. The minimum atomic E-state index is -0.978. The zero-order chi connectivity index (χ0) is 12.0. The summed E-state index contributed by atoms with van der Waals surface area (Å²) in [6.07, 6.45) is 0. The third kappa shape index (κ3) is 1.26. The summed E-state index contributed by atoms with van der Waals surface area (Å²) < 4.78 is 1.52. The van der Waals surface area contributed by atoms with Crippen molar-refractivity contribution in [1.82, 2.24) is 4.57 Å². The van der Waals surface area contributed by atoms with Gasteiger partial charge in [0.1, 0.15) is 11.4 Å². The molecule has 0 spiro atoms. The van der Waals surface area contributed by atoms with E-state index in [0.717, 1.165) is 10.9 Å². The van der Waals surface area contributed by atoms with Crippen LogP contribution < -0.4 is 0 Å². The Hall–Kier alpha value is -1.97. The number of aromatic carboxylic acids is 1. The van der Waals surface area contributed by atoms with Crippen LogP contribution in [0.5, 0.6) is 5.75 Å². The van der Waals surface area contributed by atoms with Gasteiger partial charge in [-0.25, -0.2) is 4.79 Å². The average Bonchev–Trinajstić information content (AvgIpc) is 2.38. The van der Waals surface area contributed by atoms with E-state index in [2.05, 4.69) is 0 Å². The molecule has 2 aromatic rings. The lowest BCUT2D eigenvalue weighted by Gasteiger charge is -2.02. The van der Waals surface area contributed by atoms with Crippen LogP contribution in [-0.2, 0) is 7.05 Å². The third-order valence-electron chi connectivity index (χ3n) is 2.87. The number of aryl methyl sites for hydroxylation is 3. The highest BCUT2D eigenvalue weighted by Gasteiger charge is 2.19. The van der Waals surface area contributed by atoms with Crippen LogP contribution in [0.2, 0.25) is 0 Å². The van der Waals surface area contributed by atoms with Gasteiger partial charge in [0.05, 0.1) is 5.52 Å². The molecule has 16 heavy (non-hydrogen) atoms. The summed E-state index contributed by atoms with van der Waals surface area (Å²) in [6, 6.07) is 3.52. The fourth-order valence-electron chi connectivity index (χ4n) is 2.19. The maximum atomic E-state index is 11.1. The summed E-state index contributed by atoms with van der Waals surface area (Å²) in [4.78, 5) is 11.1. The molecule has 1 aromatic heterocycles.